The Balaban J connectivity index is 2.41. The number of hydrogen-bond acceptors (Lipinski definition) is 4. The summed E-state index contributed by atoms with van der Waals surface area (Å²) in [5, 5.41) is 11.4. The van der Waals surface area contributed by atoms with Gasteiger partial charge in [-0.3, -0.25) is 14.5 Å². The van der Waals surface area contributed by atoms with Gasteiger partial charge in [-0.15, -0.1) is 0 Å². The Morgan fingerprint density at radius 1 is 1.45 bits per heavy atom. The van der Waals surface area contributed by atoms with Crippen molar-refractivity contribution in [1.82, 2.24) is 5.32 Å². The summed E-state index contributed by atoms with van der Waals surface area (Å²) in [5.41, 5.74) is 0.471. The van der Waals surface area contributed by atoms with Crippen LogP contribution < -0.4 is 15.0 Å². The highest BCUT2D eigenvalue weighted by Crippen LogP contribution is 2.32. The summed E-state index contributed by atoms with van der Waals surface area (Å²) in [6, 6.07) is 4.21. The fraction of sp³-hybridized carbons (Fsp3) is 0.308. The van der Waals surface area contributed by atoms with Gasteiger partial charge in [0.25, 0.3) is 0 Å². The van der Waals surface area contributed by atoms with Crippen LogP contribution >= 0.6 is 0 Å². The molecule has 2 amide bonds. The van der Waals surface area contributed by atoms with Gasteiger partial charge in [-0.1, -0.05) is 0 Å². The Hall–Kier alpha value is -2.57. The zero-order valence-electron chi connectivity index (χ0n) is 10.9. The van der Waals surface area contributed by atoms with Crippen molar-refractivity contribution in [2.24, 2.45) is 0 Å². The number of aromatic carboxylic acids is 1. The lowest BCUT2D eigenvalue weighted by Gasteiger charge is -2.21. The second-order valence-corrected chi connectivity index (χ2v) is 4.24. The van der Waals surface area contributed by atoms with E-state index in [1.807, 2.05) is 0 Å². The quantitative estimate of drug-likeness (QED) is 0.826. The minimum absolute atomic E-state index is 0.0676. The molecule has 1 aliphatic heterocycles. The lowest BCUT2D eigenvalue weighted by molar-refractivity contribution is -0.123. The molecule has 0 aliphatic carbocycles. The molecule has 1 heterocycles. The summed E-state index contributed by atoms with van der Waals surface area (Å²) in [6.07, 6.45) is 0.133. The first-order valence-corrected chi connectivity index (χ1v) is 6.04. The number of carbonyl (C=O) groups is 3. The van der Waals surface area contributed by atoms with E-state index in [0.717, 1.165) is 0 Å². The van der Waals surface area contributed by atoms with Crippen molar-refractivity contribution in [2.75, 3.05) is 25.1 Å². The van der Waals surface area contributed by atoms with Gasteiger partial charge in [0, 0.05) is 7.05 Å². The molecule has 0 aromatic heterocycles. The Kier molecular flexibility index (Phi) is 3.88. The lowest BCUT2D eigenvalue weighted by atomic mass is 10.1. The number of benzene rings is 1. The normalized spacial score (nSPS) is 14.1. The van der Waals surface area contributed by atoms with Crippen molar-refractivity contribution in [1.29, 1.82) is 0 Å². The number of nitrogens with one attached hydrogen (secondary N) is 1. The second kappa shape index (κ2) is 5.60. The molecule has 7 heteroatoms. The van der Waals surface area contributed by atoms with E-state index in [0.29, 0.717) is 11.4 Å². The van der Waals surface area contributed by atoms with Crippen LogP contribution in [-0.4, -0.2) is 43.1 Å². The molecular weight excluding hydrogens is 264 g/mol. The average molecular weight is 278 g/mol. The van der Waals surface area contributed by atoms with Gasteiger partial charge in [0.05, 0.1) is 24.3 Å². The zero-order chi connectivity index (χ0) is 14.7. The molecule has 106 valence electrons. The molecule has 0 bridgehead atoms. The molecule has 0 saturated carbocycles. The van der Waals surface area contributed by atoms with Crippen LogP contribution in [0.3, 0.4) is 0 Å². The van der Waals surface area contributed by atoms with Crippen LogP contribution in [0.5, 0.6) is 5.75 Å². The first-order chi connectivity index (χ1) is 9.52. The minimum atomic E-state index is -1.08. The number of fused-ring (bicyclic) bond motifs is 1. The minimum Gasteiger partial charge on any atom is -0.491 e. The van der Waals surface area contributed by atoms with Crippen molar-refractivity contribution >= 4 is 23.5 Å². The van der Waals surface area contributed by atoms with Crippen LogP contribution in [0.4, 0.5) is 5.69 Å². The number of likely N-dealkylation sites (N-methyl/N-ethyl adjacent to an activating group) is 1. The van der Waals surface area contributed by atoms with Crippen LogP contribution in [0.2, 0.25) is 0 Å². The molecule has 1 aliphatic rings. The molecule has 1 aromatic rings. The topological polar surface area (TPSA) is 95.9 Å². The van der Waals surface area contributed by atoms with E-state index in [1.165, 1.54) is 30.1 Å². The lowest BCUT2D eigenvalue weighted by Crippen LogP contribution is -2.39. The summed E-state index contributed by atoms with van der Waals surface area (Å²) >= 11 is 0. The maximum absolute atomic E-state index is 12.0. The smallest absolute Gasteiger partial charge is 0.335 e. The highest BCUT2D eigenvalue weighted by Gasteiger charge is 2.25. The molecule has 20 heavy (non-hydrogen) atoms. The van der Waals surface area contributed by atoms with Crippen molar-refractivity contribution in [3.8, 4) is 5.75 Å². The Morgan fingerprint density at radius 2 is 2.20 bits per heavy atom. The number of carboxylic acid groups (broad SMARTS) is 1. The largest absolute Gasteiger partial charge is 0.491 e. The van der Waals surface area contributed by atoms with E-state index in [9.17, 15) is 14.4 Å². The molecule has 2 N–H and O–H groups in total. The molecule has 0 atom stereocenters. The van der Waals surface area contributed by atoms with Gasteiger partial charge in [0.15, 0.2) is 0 Å². The van der Waals surface area contributed by atoms with E-state index < -0.39 is 5.97 Å². The van der Waals surface area contributed by atoms with Crippen molar-refractivity contribution in [3.63, 3.8) is 0 Å². The molecule has 2 rings (SSSR count). The number of carbonyl (C=O) groups excluding carboxylic acids is 2. The predicted octanol–water partition coefficient (Wildman–Crippen LogP) is 0.246. The van der Waals surface area contributed by atoms with E-state index in [4.69, 9.17) is 9.84 Å². The highest BCUT2D eigenvalue weighted by atomic mass is 16.5. The van der Waals surface area contributed by atoms with Gasteiger partial charge in [0.2, 0.25) is 11.8 Å². The number of nitrogens with zero attached hydrogens (tertiary/aromatic N) is 1. The number of carboxylic acids is 1. The van der Waals surface area contributed by atoms with E-state index in [-0.39, 0.29) is 37.0 Å². The Labute approximate surface area is 115 Å². The summed E-state index contributed by atoms with van der Waals surface area (Å²) < 4.78 is 5.40. The summed E-state index contributed by atoms with van der Waals surface area (Å²) in [6.45, 7) is 0.0251. The molecule has 0 saturated heterocycles. The first-order valence-electron chi connectivity index (χ1n) is 6.04. The third-order valence-corrected chi connectivity index (χ3v) is 2.95. The fourth-order valence-electron chi connectivity index (χ4n) is 1.90. The van der Waals surface area contributed by atoms with E-state index in [1.54, 1.807) is 0 Å². The first kappa shape index (κ1) is 13.9. The third kappa shape index (κ3) is 2.71. The van der Waals surface area contributed by atoms with Crippen LogP contribution in [-0.2, 0) is 9.59 Å². The maximum atomic E-state index is 12.0. The summed E-state index contributed by atoms with van der Waals surface area (Å²) in [4.78, 5) is 35.7. The molecule has 7 nitrogen and oxygen atoms in total. The van der Waals surface area contributed by atoms with Crippen molar-refractivity contribution in [3.05, 3.63) is 23.8 Å². The predicted molar refractivity (Wildman–Crippen MR) is 69.9 cm³/mol. The molecular formula is C13H14N2O5. The van der Waals surface area contributed by atoms with Gasteiger partial charge in [-0.2, -0.15) is 0 Å². The molecule has 0 spiro atoms. The van der Waals surface area contributed by atoms with Crippen LogP contribution in [0.25, 0.3) is 0 Å². The van der Waals surface area contributed by atoms with Crippen molar-refractivity contribution < 1.29 is 24.2 Å². The number of ether oxygens (including phenoxy) is 1. The molecule has 0 radical (unpaired) electrons. The van der Waals surface area contributed by atoms with Crippen LogP contribution in [0.15, 0.2) is 18.2 Å². The fourth-order valence-corrected chi connectivity index (χ4v) is 1.90. The van der Waals surface area contributed by atoms with Crippen molar-refractivity contribution in [2.45, 2.75) is 6.42 Å². The molecule has 1 aromatic carbocycles. The van der Waals surface area contributed by atoms with Crippen LogP contribution in [0.1, 0.15) is 16.8 Å². The van der Waals surface area contributed by atoms with Crippen LogP contribution in [0, 0.1) is 0 Å². The van der Waals surface area contributed by atoms with Gasteiger partial charge in [-0.25, -0.2) is 4.79 Å². The maximum Gasteiger partial charge on any atom is 0.335 e. The Morgan fingerprint density at radius 3 is 2.85 bits per heavy atom. The van der Waals surface area contributed by atoms with Gasteiger partial charge >= 0.3 is 5.97 Å². The number of anilines is 1. The molecule has 0 fully saturated rings. The van der Waals surface area contributed by atoms with Gasteiger partial charge < -0.3 is 15.2 Å². The zero-order valence-corrected chi connectivity index (χ0v) is 10.9. The monoisotopic (exact) mass is 278 g/mol. The second-order valence-electron chi connectivity index (χ2n) is 4.24. The number of hydrogen-bond donors (Lipinski definition) is 2. The standard InChI is InChI=1S/C13H14N2O5/c1-14-11(16)7-15-9-3-2-8(13(18)19)6-10(9)20-5-4-12(15)17/h2-3,6H,4-5,7H2,1H3,(H,14,16)(H,18,19). The van der Waals surface area contributed by atoms with Gasteiger partial charge in [0.1, 0.15) is 12.3 Å². The molecule has 0 unspecified atom stereocenters. The SMILES string of the molecule is CNC(=O)CN1C(=O)CCOc2cc(C(=O)O)ccc21. The van der Waals surface area contributed by atoms with E-state index in [2.05, 4.69) is 5.32 Å². The average Bonchev–Trinajstić information content (AvgIpc) is 2.58. The summed E-state index contributed by atoms with van der Waals surface area (Å²) in [7, 11) is 1.48. The third-order valence-electron chi connectivity index (χ3n) is 2.95. The van der Waals surface area contributed by atoms with Gasteiger partial charge in [-0.05, 0) is 18.2 Å². The number of rotatable bonds is 3. The van der Waals surface area contributed by atoms with E-state index >= 15 is 0 Å². The summed E-state index contributed by atoms with van der Waals surface area (Å²) in [5.74, 6) is -1.34. The number of amides is 2. The Bertz CT molecular complexity index is 570. The highest BCUT2D eigenvalue weighted by molar-refractivity contribution is 6.01.